The van der Waals surface area contributed by atoms with Gasteiger partial charge in [-0.3, -0.25) is 0 Å². The first-order valence-electron chi connectivity index (χ1n) is 9.62. The number of carboxylic acid groups (broad SMARTS) is 1. The number of urea groups is 1. The number of anilines is 1. The lowest BCUT2D eigenvalue weighted by molar-refractivity contribution is 0.0690. The molecule has 3 rings (SSSR count). The highest BCUT2D eigenvalue weighted by Crippen LogP contribution is 2.31. The topological polar surface area (TPSA) is 110 Å². The van der Waals surface area contributed by atoms with Crippen molar-refractivity contribution in [1.82, 2.24) is 10.3 Å². The van der Waals surface area contributed by atoms with Gasteiger partial charge in [-0.2, -0.15) is 0 Å². The van der Waals surface area contributed by atoms with Gasteiger partial charge in [0.25, 0.3) is 0 Å². The summed E-state index contributed by atoms with van der Waals surface area (Å²) >= 11 is 6.09. The molecule has 2 amide bonds. The van der Waals surface area contributed by atoms with Crippen LogP contribution in [0.3, 0.4) is 0 Å². The van der Waals surface area contributed by atoms with E-state index in [-0.39, 0.29) is 11.7 Å². The summed E-state index contributed by atoms with van der Waals surface area (Å²) in [6.45, 7) is 3.99. The molecular weight excluding hydrogens is 434 g/mol. The average molecular weight is 456 g/mol. The molecule has 2 aromatic carbocycles. The van der Waals surface area contributed by atoms with Gasteiger partial charge in [0, 0.05) is 29.9 Å². The van der Waals surface area contributed by atoms with Crippen LogP contribution in [0.5, 0.6) is 17.2 Å². The number of carboxylic acids is 1. The molecule has 3 N–H and O–H groups in total. The van der Waals surface area contributed by atoms with Crippen molar-refractivity contribution in [2.75, 3.05) is 12.4 Å². The molecule has 32 heavy (non-hydrogen) atoms. The molecule has 9 heteroatoms. The largest absolute Gasteiger partial charge is 0.495 e. The quantitative estimate of drug-likeness (QED) is 0.453. The molecule has 0 bridgehead atoms. The molecule has 0 aliphatic carbocycles. The summed E-state index contributed by atoms with van der Waals surface area (Å²) in [5.41, 5.74) is 2.93. The fourth-order valence-corrected chi connectivity index (χ4v) is 3.09. The summed E-state index contributed by atoms with van der Waals surface area (Å²) < 4.78 is 11.0. The Labute approximate surface area is 190 Å². The molecule has 8 nitrogen and oxygen atoms in total. The van der Waals surface area contributed by atoms with E-state index < -0.39 is 5.97 Å². The normalized spacial score (nSPS) is 10.4. The number of aromatic carboxylic acids is 1. The van der Waals surface area contributed by atoms with Crippen molar-refractivity contribution in [3.63, 3.8) is 0 Å². The lowest BCUT2D eigenvalue weighted by Crippen LogP contribution is -2.28. The second kappa shape index (κ2) is 10.0. The van der Waals surface area contributed by atoms with Crippen molar-refractivity contribution in [1.29, 1.82) is 0 Å². The van der Waals surface area contributed by atoms with Crippen LogP contribution in [-0.2, 0) is 6.54 Å². The number of hydrogen-bond donors (Lipinski definition) is 3. The molecule has 0 unspecified atom stereocenters. The fraction of sp³-hybridized carbons (Fsp3) is 0.174. The standard InChI is InChI=1S/C23H22ClN3O5/c1-13-9-18(21(31-3)11-17(13)24)27-23(30)26-12-15-4-5-20(14(2)8-15)32-16-6-7-25-19(10-16)22(28)29/h4-11H,12H2,1-3H3,(H,28,29)(H2,26,27,30). The van der Waals surface area contributed by atoms with Gasteiger partial charge in [-0.15, -0.1) is 0 Å². The SMILES string of the molecule is COc1cc(Cl)c(C)cc1NC(=O)NCc1ccc(Oc2ccnc(C(=O)O)c2)c(C)c1. The number of aryl methyl sites for hydroxylation is 2. The van der Waals surface area contributed by atoms with Crippen molar-refractivity contribution in [3.8, 4) is 17.2 Å². The van der Waals surface area contributed by atoms with E-state index in [1.54, 1.807) is 24.3 Å². The summed E-state index contributed by atoms with van der Waals surface area (Å²) in [5, 5.41) is 15.2. The second-order valence-corrected chi connectivity index (χ2v) is 7.40. The maximum atomic E-state index is 12.3. The van der Waals surface area contributed by atoms with E-state index in [4.69, 9.17) is 26.2 Å². The lowest BCUT2D eigenvalue weighted by atomic mass is 10.1. The van der Waals surface area contributed by atoms with Crippen molar-refractivity contribution < 1.29 is 24.2 Å². The summed E-state index contributed by atoms with van der Waals surface area (Å²) in [7, 11) is 1.50. The minimum atomic E-state index is -1.13. The molecule has 3 aromatic rings. The van der Waals surface area contributed by atoms with E-state index in [0.29, 0.717) is 34.5 Å². The fourth-order valence-electron chi connectivity index (χ4n) is 2.93. The maximum Gasteiger partial charge on any atom is 0.354 e. The zero-order chi connectivity index (χ0) is 23.3. The predicted octanol–water partition coefficient (Wildman–Crippen LogP) is 5.17. The van der Waals surface area contributed by atoms with E-state index in [1.165, 1.54) is 19.4 Å². The molecule has 0 saturated heterocycles. The Morgan fingerprint density at radius 3 is 2.53 bits per heavy atom. The summed E-state index contributed by atoms with van der Waals surface area (Å²) in [4.78, 5) is 27.2. The van der Waals surface area contributed by atoms with Gasteiger partial charge in [-0.25, -0.2) is 14.6 Å². The van der Waals surface area contributed by atoms with Gasteiger partial charge in [0.2, 0.25) is 0 Å². The van der Waals surface area contributed by atoms with Crippen LogP contribution < -0.4 is 20.1 Å². The third-order valence-electron chi connectivity index (χ3n) is 4.60. The van der Waals surface area contributed by atoms with Gasteiger partial charge in [-0.1, -0.05) is 23.7 Å². The third-order valence-corrected chi connectivity index (χ3v) is 5.01. The van der Waals surface area contributed by atoms with Crippen LogP contribution in [-0.4, -0.2) is 29.2 Å². The van der Waals surface area contributed by atoms with Crippen molar-refractivity contribution in [2.24, 2.45) is 0 Å². The summed E-state index contributed by atoms with van der Waals surface area (Å²) in [5.74, 6) is 0.286. The number of benzene rings is 2. The number of nitrogens with zero attached hydrogens (tertiary/aromatic N) is 1. The number of aromatic nitrogens is 1. The highest BCUT2D eigenvalue weighted by atomic mass is 35.5. The van der Waals surface area contributed by atoms with E-state index in [9.17, 15) is 9.59 Å². The van der Waals surface area contributed by atoms with Crippen LogP contribution in [0.15, 0.2) is 48.7 Å². The molecule has 0 spiro atoms. The molecule has 0 saturated carbocycles. The second-order valence-electron chi connectivity index (χ2n) is 6.99. The Balaban J connectivity index is 1.62. The van der Waals surface area contributed by atoms with Crippen molar-refractivity contribution in [3.05, 3.63) is 76.1 Å². The number of hydrogen-bond acceptors (Lipinski definition) is 5. The number of amides is 2. The Kier molecular flexibility index (Phi) is 7.17. The van der Waals surface area contributed by atoms with Gasteiger partial charge in [-0.05, 0) is 48.7 Å². The molecule has 0 aliphatic rings. The van der Waals surface area contributed by atoms with Crippen LogP contribution in [0.4, 0.5) is 10.5 Å². The first kappa shape index (κ1) is 22.9. The number of carbonyl (C=O) groups is 2. The molecule has 0 aliphatic heterocycles. The zero-order valence-electron chi connectivity index (χ0n) is 17.7. The molecule has 0 atom stereocenters. The Morgan fingerprint density at radius 1 is 1.06 bits per heavy atom. The lowest BCUT2D eigenvalue weighted by Gasteiger charge is -2.14. The minimum Gasteiger partial charge on any atom is -0.495 e. The number of carbonyl (C=O) groups excluding carboxylic acids is 1. The van der Waals surface area contributed by atoms with Crippen LogP contribution in [0.1, 0.15) is 27.2 Å². The molecule has 0 radical (unpaired) electrons. The number of ether oxygens (including phenoxy) is 2. The predicted molar refractivity (Wildman–Crippen MR) is 121 cm³/mol. The Bertz CT molecular complexity index is 1170. The molecular formula is C23H22ClN3O5. The number of pyridine rings is 1. The van der Waals surface area contributed by atoms with Crippen molar-refractivity contribution >= 4 is 29.3 Å². The van der Waals surface area contributed by atoms with Crippen LogP contribution in [0.25, 0.3) is 0 Å². The summed E-state index contributed by atoms with van der Waals surface area (Å²) in [6.07, 6.45) is 1.38. The van der Waals surface area contributed by atoms with Gasteiger partial charge >= 0.3 is 12.0 Å². The van der Waals surface area contributed by atoms with Gasteiger partial charge in [0.1, 0.15) is 17.2 Å². The molecule has 0 fully saturated rings. The number of rotatable bonds is 7. The molecule has 1 heterocycles. The first-order valence-corrected chi connectivity index (χ1v) is 10.0. The highest BCUT2D eigenvalue weighted by molar-refractivity contribution is 6.31. The van der Waals surface area contributed by atoms with Crippen LogP contribution in [0.2, 0.25) is 5.02 Å². The number of methoxy groups -OCH3 is 1. The number of halogens is 1. The van der Waals surface area contributed by atoms with Gasteiger partial charge < -0.3 is 25.2 Å². The highest BCUT2D eigenvalue weighted by Gasteiger charge is 2.11. The monoisotopic (exact) mass is 455 g/mol. The minimum absolute atomic E-state index is 0.0977. The van der Waals surface area contributed by atoms with Crippen LogP contribution >= 0.6 is 11.6 Å². The molecule has 1 aromatic heterocycles. The Morgan fingerprint density at radius 2 is 1.84 bits per heavy atom. The van der Waals surface area contributed by atoms with E-state index in [2.05, 4.69) is 15.6 Å². The average Bonchev–Trinajstić information content (AvgIpc) is 2.76. The van der Waals surface area contributed by atoms with Gasteiger partial charge in [0.15, 0.2) is 5.69 Å². The Hall–Kier alpha value is -3.78. The van der Waals surface area contributed by atoms with Crippen molar-refractivity contribution in [2.45, 2.75) is 20.4 Å². The maximum absolute atomic E-state index is 12.3. The van der Waals surface area contributed by atoms with Crippen LogP contribution in [0, 0.1) is 13.8 Å². The smallest absolute Gasteiger partial charge is 0.354 e. The molecule has 166 valence electrons. The zero-order valence-corrected chi connectivity index (χ0v) is 18.5. The third kappa shape index (κ3) is 5.67. The van der Waals surface area contributed by atoms with E-state index in [0.717, 1.165) is 16.7 Å². The first-order chi connectivity index (χ1) is 15.3. The summed E-state index contributed by atoms with van der Waals surface area (Å²) in [6, 6.07) is 11.4. The van der Waals surface area contributed by atoms with Gasteiger partial charge in [0.05, 0.1) is 12.8 Å². The van der Waals surface area contributed by atoms with E-state index >= 15 is 0 Å². The van der Waals surface area contributed by atoms with E-state index in [1.807, 2.05) is 26.0 Å². The number of nitrogens with one attached hydrogen (secondary N) is 2.